The first-order chi connectivity index (χ1) is 6.64. The number of nitrogens with zero attached hydrogens (tertiary/aromatic N) is 1. The molecule has 14 heavy (non-hydrogen) atoms. The Kier molecular flexibility index (Phi) is 3.48. The Morgan fingerprint density at radius 3 is 2.64 bits per heavy atom. The third kappa shape index (κ3) is 2.05. The van der Waals surface area contributed by atoms with Gasteiger partial charge in [-0.25, -0.2) is 0 Å². The van der Waals surface area contributed by atoms with Crippen LogP contribution in [0.4, 0.5) is 0 Å². The molecular formula is C10H16N2O2. The van der Waals surface area contributed by atoms with Crippen LogP contribution in [0, 0.1) is 16.7 Å². The fourth-order valence-corrected chi connectivity index (χ4v) is 1.78. The highest BCUT2D eigenvalue weighted by atomic mass is 16.3. The lowest BCUT2D eigenvalue weighted by molar-refractivity contribution is -0.128. The van der Waals surface area contributed by atoms with Gasteiger partial charge in [0.2, 0.25) is 5.91 Å². The summed E-state index contributed by atoms with van der Waals surface area (Å²) in [6.07, 6.45) is 3.17. The van der Waals surface area contributed by atoms with Gasteiger partial charge in [-0.05, 0) is 19.8 Å². The van der Waals surface area contributed by atoms with Crippen LogP contribution in [-0.4, -0.2) is 23.7 Å². The summed E-state index contributed by atoms with van der Waals surface area (Å²) in [6, 6.07) is 1.84. The molecule has 0 saturated heterocycles. The quantitative estimate of drug-likeness (QED) is 0.693. The summed E-state index contributed by atoms with van der Waals surface area (Å²) in [7, 11) is 0. The number of aliphatic hydroxyl groups is 1. The van der Waals surface area contributed by atoms with E-state index in [2.05, 4.69) is 11.4 Å². The average molecular weight is 196 g/mol. The van der Waals surface area contributed by atoms with Crippen LogP contribution < -0.4 is 5.32 Å². The van der Waals surface area contributed by atoms with E-state index in [-0.39, 0.29) is 18.6 Å². The first kappa shape index (κ1) is 11.0. The first-order valence-electron chi connectivity index (χ1n) is 4.98. The maximum Gasteiger partial charge on any atom is 0.240 e. The third-order valence-electron chi connectivity index (χ3n) is 2.76. The van der Waals surface area contributed by atoms with E-state index in [1.54, 1.807) is 6.92 Å². The smallest absolute Gasteiger partial charge is 0.240 e. The molecule has 0 spiro atoms. The molecule has 0 aromatic heterocycles. The zero-order valence-corrected chi connectivity index (χ0v) is 8.42. The molecule has 1 rings (SSSR count). The largest absolute Gasteiger partial charge is 0.394 e. The highest BCUT2D eigenvalue weighted by Gasteiger charge is 2.41. The minimum atomic E-state index is -0.830. The highest BCUT2D eigenvalue weighted by molar-refractivity contribution is 5.85. The number of nitrogens with one attached hydrogen (secondary N) is 1. The SMILES string of the molecule is C[C@H](CO)NC(=O)C1(C#N)CCCC1. The topological polar surface area (TPSA) is 73.1 Å². The Hall–Kier alpha value is -1.08. The van der Waals surface area contributed by atoms with Crippen molar-refractivity contribution >= 4 is 5.91 Å². The molecule has 1 amide bonds. The van der Waals surface area contributed by atoms with Gasteiger partial charge >= 0.3 is 0 Å². The lowest BCUT2D eigenvalue weighted by Gasteiger charge is -2.21. The van der Waals surface area contributed by atoms with Crippen LogP contribution in [0.25, 0.3) is 0 Å². The monoisotopic (exact) mass is 196 g/mol. The minimum absolute atomic E-state index is 0.0900. The Labute approximate surface area is 83.9 Å². The summed E-state index contributed by atoms with van der Waals surface area (Å²) >= 11 is 0. The lowest BCUT2D eigenvalue weighted by atomic mass is 9.87. The van der Waals surface area contributed by atoms with Gasteiger partial charge in [0.25, 0.3) is 0 Å². The van der Waals surface area contributed by atoms with Crippen LogP contribution >= 0.6 is 0 Å². The summed E-state index contributed by atoms with van der Waals surface area (Å²) in [4.78, 5) is 11.7. The predicted molar refractivity (Wildman–Crippen MR) is 51.2 cm³/mol. The van der Waals surface area contributed by atoms with E-state index in [9.17, 15) is 4.79 Å². The molecule has 78 valence electrons. The molecule has 1 saturated carbocycles. The normalized spacial score (nSPS) is 21.2. The van der Waals surface area contributed by atoms with E-state index in [4.69, 9.17) is 10.4 Å². The highest BCUT2D eigenvalue weighted by Crippen LogP contribution is 2.37. The van der Waals surface area contributed by atoms with Crippen LogP contribution in [0.5, 0.6) is 0 Å². The van der Waals surface area contributed by atoms with E-state index >= 15 is 0 Å². The molecule has 4 heteroatoms. The number of aliphatic hydroxyl groups excluding tert-OH is 1. The summed E-state index contributed by atoms with van der Waals surface area (Å²) < 4.78 is 0. The molecular weight excluding hydrogens is 180 g/mol. The van der Waals surface area contributed by atoms with Gasteiger partial charge in [0, 0.05) is 6.04 Å². The van der Waals surface area contributed by atoms with Gasteiger partial charge in [-0.2, -0.15) is 5.26 Å². The second-order valence-corrected chi connectivity index (χ2v) is 3.96. The Morgan fingerprint density at radius 1 is 1.64 bits per heavy atom. The number of carbonyl (C=O) groups is 1. The van der Waals surface area contributed by atoms with Crippen molar-refractivity contribution in [3.8, 4) is 6.07 Å². The van der Waals surface area contributed by atoms with Crippen molar-refractivity contribution in [2.75, 3.05) is 6.61 Å². The molecule has 0 heterocycles. The van der Waals surface area contributed by atoms with Gasteiger partial charge in [-0.3, -0.25) is 4.79 Å². The molecule has 2 N–H and O–H groups in total. The summed E-state index contributed by atoms with van der Waals surface area (Å²) in [5, 5.41) is 20.4. The zero-order valence-electron chi connectivity index (χ0n) is 8.42. The van der Waals surface area contributed by atoms with Crippen LogP contribution in [0.1, 0.15) is 32.6 Å². The molecule has 0 aliphatic heterocycles. The fourth-order valence-electron chi connectivity index (χ4n) is 1.78. The number of carbonyl (C=O) groups excluding carboxylic acids is 1. The molecule has 0 radical (unpaired) electrons. The zero-order chi connectivity index (χ0) is 10.6. The van der Waals surface area contributed by atoms with Crippen molar-refractivity contribution in [3.05, 3.63) is 0 Å². The van der Waals surface area contributed by atoms with Crippen molar-refractivity contribution in [2.45, 2.75) is 38.6 Å². The maximum absolute atomic E-state index is 11.7. The van der Waals surface area contributed by atoms with Gasteiger partial charge in [0.05, 0.1) is 12.7 Å². The fraction of sp³-hybridized carbons (Fsp3) is 0.800. The Morgan fingerprint density at radius 2 is 2.21 bits per heavy atom. The van der Waals surface area contributed by atoms with Gasteiger partial charge in [-0.15, -0.1) is 0 Å². The standard InChI is InChI=1S/C10H16N2O2/c1-8(6-13)12-9(14)10(7-11)4-2-3-5-10/h8,13H,2-6H2,1H3,(H,12,14)/t8-/m1/s1. The number of nitriles is 1. The Balaban J connectivity index is 2.62. The summed E-state index contributed by atoms with van der Waals surface area (Å²) in [5.41, 5.74) is -0.830. The second kappa shape index (κ2) is 4.43. The van der Waals surface area contributed by atoms with Gasteiger partial charge in [-0.1, -0.05) is 12.8 Å². The first-order valence-corrected chi connectivity index (χ1v) is 4.98. The molecule has 0 unspecified atom stereocenters. The number of hydrogen-bond donors (Lipinski definition) is 2. The minimum Gasteiger partial charge on any atom is -0.394 e. The molecule has 1 aliphatic carbocycles. The Bertz CT molecular complexity index is 251. The molecule has 1 atom stereocenters. The number of rotatable bonds is 3. The second-order valence-electron chi connectivity index (χ2n) is 3.96. The van der Waals surface area contributed by atoms with Gasteiger partial charge < -0.3 is 10.4 Å². The van der Waals surface area contributed by atoms with Gasteiger partial charge in [0.1, 0.15) is 5.41 Å². The molecule has 1 fully saturated rings. The van der Waals surface area contributed by atoms with E-state index in [0.717, 1.165) is 12.8 Å². The molecule has 0 aromatic rings. The van der Waals surface area contributed by atoms with Crippen molar-refractivity contribution in [3.63, 3.8) is 0 Å². The maximum atomic E-state index is 11.7. The predicted octanol–water partition coefficient (Wildman–Crippen LogP) is 0.567. The van der Waals surface area contributed by atoms with Crippen molar-refractivity contribution < 1.29 is 9.90 Å². The third-order valence-corrected chi connectivity index (χ3v) is 2.76. The van der Waals surface area contributed by atoms with Crippen molar-refractivity contribution in [1.29, 1.82) is 5.26 Å². The number of hydrogen-bond acceptors (Lipinski definition) is 3. The molecule has 0 bridgehead atoms. The van der Waals surface area contributed by atoms with Crippen LogP contribution in [0.15, 0.2) is 0 Å². The molecule has 4 nitrogen and oxygen atoms in total. The van der Waals surface area contributed by atoms with Crippen LogP contribution in [0.3, 0.4) is 0 Å². The lowest BCUT2D eigenvalue weighted by Crippen LogP contribution is -2.44. The van der Waals surface area contributed by atoms with Crippen LogP contribution in [0.2, 0.25) is 0 Å². The molecule has 1 aliphatic rings. The van der Waals surface area contributed by atoms with Crippen molar-refractivity contribution in [1.82, 2.24) is 5.32 Å². The van der Waals surface area contributed by atoms with Crippen LogP contribution in [-0.2, 0) is 4.79 Å². The summed E-state index contributed by atoms with van der Waals surface area (Å²) in [5.74, 6) is -0.223. The van der Waals surface area contributed by atoms with Gasteiger partial charge in [0.15, 0.2) is 0 Å². The van der Waals surface area contributed by atoms with E-state index in [0.29, 0.717) is 12.8 Å². The van der Waals surface area contributed by atoms with E-state index in [1.807, 2.05) is 0 Å². The number of amides is 1. The molecule has 0 aromatic carbocycles. The van der Waals surface area contributed by atoms with E-state index in [1.165, 1.54) is 0 Å². The van der Waals surface area contributed by atoms with E-state index < -0.39 is 5.41 Å². The summed E-state index contributed by atoms with van der Waals surface area (Å²) in [6.45, 7) is 1.63. The van der Waals surface area contributed by atoms with Crippen molar-refractivity contribution in [2.24, 2.45) is 5.41 Å². The average Bonchev–Trinajstić information content (AvgIpc) is 2.67.